The number of nitrogens with one attached hydrogen (secondary N) is 1. The molecule has 0 radical (unpaired) electrons. The Bertz CT molecular complexity index is 765. The van der Waals surface area contributed by atoms with Crippen molar-refractivity contribution in [3.05, 3.63) is 44.3 Å². The molecule has 0 saturated heterocycles. The minimum Gasteiger partial charge on any atom is -0.486 e. The van der Waals surface area contributed by atoms with E-state index in [4.69, 9.17) is 25.8 Å². The molecule has 0 saturated carbocycles. The number of rotatable bonds is 4. The Morgan fingerprint density at radius 3 is 2.46 bits per heavy atom. The Kier molecular flexibility index (Phi) is 5.53. The first-order chi connectivity index (χ1) is 11.5. The molecule has 0 aliphatic carbocycles. The molecule has 3 rings (SSSR count). The first-order valence-corrected chi connectivity index (χ1v) is 8.97. The molecule has 0 unspecified atom stereocenters. The number of para-hydroxylation sites is 1. The van der Waals surface area contributed by atoms with Gasteiger partial charge in [-0.2, -0.15) is 0 Å². The number of halogens is 3. The van der Waals surface area contributed by atoms with Gasteiger partial charge in [-0.3, -0.25) is 4.79 Å². The molecule has 0 spiro atoms. The summed E-state index contributed by atoms with van der Waals surface area (Å²) < 4.78 is 18.0. The average Bonchev–Trinajstić information content (AvgIpc) is 2.55. The molecule has 1 heterocycles. The van der Waals surface area contributed by atoms with Crippen LogP contribution in [0.25, 0.3) is 0 Å². The first-order valence-electron chi connectivity index (χ1n) is 7.00. The van der Waals surface area contributed by atoms with E-state index in [1.54, 1.807) is 12.1 Å². The van der Waals surface area contributed by atoms with Crippen molar-refractivity contribution in [3.63, 3.8) is 0 Å². The minimum atomic E-state index is -0.337. The summed E-state index contributed by atoms with van der Waals surface area (Å²) in [7, 11) is 0. The maximum absolute atomic E-state index is 12.1. The van der Waals surface area contributed by atoms with E-state index in [2.05, 4.69) is 37.2 Å². The van der Waals surface area contributed by atoms with E-state index >= 15 is 0 Å². The number of benzene rings is 2. The fourth-order valence-electron chi connectivity index (χ4n) is 2.10. The molecule has 126 valence electrons. The fourth-order valence-corrected chi connectivity index (χ4v) is 3.53. The summed E-state index contributed by atoms with van der Waals surface area (Å²) >= 11 is 12.9. The summed E-state index contributed by atoms with van der Waals surface area (Å²) in [5, 5.41) is 3.08. The van der Waals surface area contributed by atoms with E-state index in [-0.39, 0.29) is 12.5 Å². The van der Waals surface area contributed by atoms with Crippen LogP contribution in [0.1, 0.15) is 0 Å². The lowest BCUT2D eigenvalue weighted by Crippen LogP contribution is -2.21. The highest BCUT2D eigenvalue weighted by molar-refractivity contribution is 9.11. The van der Waals surface area contributed by atoms with E-state index in [1.165, 1.54) is 0 Å². The van der Waals surface area contributed by atoms with Gasteiger partial charge in [0, 0.05) is 12.1 Å². The SMILES string of the molecule is O=C(COc1c(Br)cccc1Br)Nc1cc2c(cc1Cl)OCCO2. The zero-order valence-electron chi connectivity index (χ0n) is 12.3. The van der Waals surface area contributed by atoms with Crippen molar-refractivity contribution in [1.29, 1.82) is 0 Å². The lowest BCUT2D eigenvalue weighted by atomic mass is 10.2. The van der Waals surface area contributed by atoms with Gasteiger partial charge in [-0.25, -0.2) is 0 Å². The molecule has 0 bridgehead atoms. The zero-order chi connectivity index (χ0) is 17.1. The van der Waals surface area contributed by atoms with Crippen LogP contribution in [0.2, 0.25) is 5.02 Å². The van der Waals surface area contributed by atoms with Crippen LogP contribution in [0.3, 0.4) is 0 Å². The standard InChI is InChI=1S/C16H12Br2ClNO4/c17-9-2-1-3-10(18)16(9)24-8-15(21)20-12-7-14-13(6-11(12)19)22-4-5-23-14/h1-3,6-7H,4-5,8H2,(H,20,21). The van der Waals surface area contributed by atoms with E-state index in [0.717, 1.165) is 8.95 Å². The van der Waals surface area contributed by atoms with Crippen LogP contribution in [-0.4, -0.2) is 25.7 Å². The van der Waals surface area contributed by atoms with Crippen LogP contribution in [0.5, 0.6) is 17.2 Å². The lowest BCUT2D eigenvalue weighted by Gasteiger charge is -2.20. The third kappa shape index (κ3) is 3.96. The number of hydrogen-bond donors (Lipinski definition) is 1. The largest absolute Gasteiger partial charge is 0.486 e. The number of carbonyl (C=O) groups excluding carboxylic acids is 1. The molecule has 0 fully saturated rings. The highest BCUT2D eigenvalue weighted by Crippen LogP contribution is 2.38. The summed E-state index contributed by atoms with van der Waals surface area (Å²) in [6, 6.07) is 8.78. The molecule has 1 amide bonds. The molecule has 0 atom stereocenters. The van der Waals surface area contributed by atoms with Gasteiger partial charge in [0.05, 0.1) is 19.7 Å². The van der Waals surface area contributed by atoms with Crippen LogP contribution in [-0.2, 0) is 4.79 Å². The van der Waals surface area contributed by atoms with Crippen molar-refractivity contribution in [1.82, 2.24) is 0 Å². The Hall–Kier alpha value is -1.44. The van der Waals surface area contributed by atoms with Crippen molar-refractivity contribution in [2.75, 3.05) is 25.1 Å². The maximum atomic E-state index is 12.1. The van der Waals surface area contributed by atoms with Crippen LogP contribution < -0.4 is 19.5 Å². The monoisotopic (exact) mass is 475 g/mol. The van der Waals surface area contributed by atoms with Crippen LogP contribution in [0.15, 0.2) is 39.3 Å². The zero-order valence-corrected chi connectivity index (χ0v) is 16.2. The molecule has 2 aromatic carbocycles. The van der Waals surface area contributed by atoms with Crippen molar-refractivity contribution in [2.45, 2.75) is 0 Å². The molecule has 5 nitrogen and oxygen atoms in total. The second-order valence-corrected chi connectivity index (χ2v) is 6.98. The molecule has 8 heteroatoms. The van der Waals surface area contributed by atoms with Gasteiger partial charge in [0.2, 0.25) is 0 Å². The van der Waals surface area contributed by atoms with E-state index in [9.17, 15) is 4.79 Å². The average molecular weight is 478 g/mol. The molecule has 0 aromatic heterocycles. The molecule has 1 aliphatic rings. The summed E-state index contributed by atoms with van der Waals surface area (Å²) in [4.78, 5) is 12.1. The van der Waals surface area contributed by atoms with Gasteiger partial charge in [0.15, 0.2) is 18.1 Å². The molecule has 1 aliphatic heterocycles. The van der Waals surface area contributed by atoms with Crippen LogP contribution in [0.4, 0.5) is 5.69 Å². The van der Waals surface area contributed by atoms with Crippen molar-refractivity contribution in [3.8, 4) is 17.2 Å². The predicted molar refractivity (Wildman–Crippen MR) is 98.4 cm³/mol. The topological polar surface area (TPSA) is 56.8 Å². The summed E-state index contributed by atoms with van der Waals surface area (Å²) in [5.74, 6) is 1.34. The second-order valence-electron chi connectivity index (χ2n) is 4.86. The van der Waals surface area contributed by atoms with Crippen LogP contribution in [0, 0.1) is 0 Å². The summed E-state index contributed by atoms with van der Waals surface area (Å²) in [6.45, 7) is 0.775. The molecule has 2 aromatic rings. The summed E-state index contributed by atoms with van der Waals surface area (Å²) in [5.41, 5.74) is 0.445. The van der Waals surface area contributed by atoms with Gasteiger partial charge < -0.3 is 19.5 Å². The summed E-state index contributed by atoms with van der Waals surface area (Å²) in [6.07, 6.45) is 0. The van der Waals surface area contributed by atoms with Gasteiger partial charge >= 0.3 is 0 Å². The normalized spacial score (nSPS) is 12.6. The number of ether oxygens (including phenoxy) is 3. The van der Waals surface area contributed by atoms with Crippen molar-refractivity contribution >= 4 is 55.1 Å². The quantitative estimate of drug-likeness (QED) is 0.696. The minimum absolute atomic E-state index is 0.161. The number of hydrogen-bond acceptors (Lipinski definition) is 4. The third-order valence-electron chi connectivity index (χ3n) is 3.17. The van der Waals surface area contributed by atoms with E-state index in [1.807, 2.05) is 18.2 Å². The number of carbonyl (C=O) groups is 1. The molecule has 1 N–H and O–H groups in total. The van der Waals surface area contributed by atoms with Gasteiger partial charge in [0.25, 0.3) is 5.91 Å². The number of fused-ring (bicyclic) bond motifs is 1. The van der Waals surface area contributed by atoms with Gasteiger partial charge in [0.1, 0.15) is 19.0 Å². The molecule has 24 heavy (non-hydrogen) atoms. The van der Waals surface area contributed by atoms with Crippen molar-refractivity contribution in [2.24, 2.45) is 0 Å². The molecular weight excluding hydrogens is 465 g/mol. The first kappa shape index (κ1) is 17.4. The number of amides is 1. The molecular formula is C16H12Br2ClNO4. The Labute approximate surface area is 160 Å². The fraction of sp³-hybridized carbons (Fsp3) is 0.188. The predicted octanol–water partition coefficient (Wildman–Crippen LogP) is 4.65. The van der Waals surface area contributed by atoms with E-state index in [0.29, 0.717) is 41.2 Å². The van der Waals surface area contributed by atoms with Gasteiger partial charge in [-0.1, -0.05) is 17.7 Å². The third-order valence-corrected chi connectivity index (χ3v) is 4.73. The highest BCUT2D eigenvalue weighted by Gasteiger charge is 2.17. The maximum Gasteiger partial charge on any atom is 0.262 e. The Balaban J connectivity index is 1.67. The lowest BCUT2D eigenvalue weighted by molar-refractivity contribution is -0.118. The number of anilines is 1. The smallest absolute Gasteiger partial charge is 0.262 e. The Morgan fingerprint density at radius 1 is 1.17 bits per heavy atom. The van der Waals surface area contributed by atoms with Crippen molar-refractivity contribution < 1.29 is 19.0 Å². The second kappa shape index (κ2) is 7.63. The van der Waals surface area contributed by atoms with Gasteiger partial charge in [-0.05, 0) is 44.0 Å². The highest BCUT2D eigenvalue weighted by atomic mass is 79.9. The van der Waals surface area contributed by atoms with Gasteiger partial charge in [-0.15, -0.1) is 0 Å². The van der Waals surface area contributed by atoms with E-state index < -0.39 is 0 Å². The van der Waals surface area contributed by atoms with Crippen LogP contribution >= 0.6 is 43.5 Å². The Morgan fingerprint density at radius 2 is 1.79 bits per heavy atom.